The maximum atomic E-state index is 12.7. The van der Waals surface area contributed by atoms with Crippen LogP contribution in [0.25, 0.3) is 11.2 Å². The largest absolute Gasteiger partial charge is 0.330 e. The SMILES string of the molecule is CN1C(=O)CN(CCC2CC2c2ccc3c(n2)n(C)c(=O)n3CC(C)(C)C)C1=O. The van der Waals surface area contributed by atoms with E-state index in [9.17, 15) is 14.4 Å². The molecule has 2 fully saturated rings. The molecule has 0 aromatic carbocycles. The fourth-order valence-corrected chi connectivity index (χ4v) is 4.20. The molecule has 0 bridgehead atoms. The summed E-state index contributed by atoms with van der Waals surface area (Å²) in [6.45, 7) is 7.77. The van der Waals surface area contributed by atoms with Gasteiger partial charge in [0, 0.05) is 38.8 Å². The van der Waals surface area contributed by atoms with Crippen molar-refractivity contribution in [2.75, 3.05) is 20.1 Å². The van der Waals surface area contributed by atoms with Crippen molar-refractivity contribution in [2.45, 2.75) is 46.1 Å². The van der Waals surface area contributed by atoms with Crippen LogP contribution >= 0.6 is 0 Å². The van der Waals surface area contributed by atoms with Crippen LogP contribution in [0.15, 0.2) is 16.9 Å². The highest BCUT2D eigenvalue weighted by Crippen LogP contribution is 2.49. The Morgan fingerprint density at radius 3 is 2.48 bits per heavy atom. The van der Waals surface area contributed by atoms with Crippen LogP contribution in [-0.4, -0.2) is 56.0 Å². The Labute approximate surface area is 170 Å². The summed E-state index contributed by atoms with van der Waals surface area (Å²) in [5, 5.41) is 0. The first-order valence-electron chi connectivity index (χ1n) is 10.2. The molecule has 8 heteroatoms. The van der Waals surface area contributed by atoms with Gasteiger partial charge in [-0.2, -0.15) is 0 Å². The number of carbonyl (C=O) groups excluding carboxylic acids is 2. The quantitative estimate of drug-likeness (QED) is 0.722. The average Bonchev–Trinajstić information content (AvgIpc) is 3.35. The van der Waals surface area contributed by atoms with Gasteiger partial charge in [-0.05, 0) is 36.3 Å². The lowest BCUT2D eigenvalue weighted by molar-refractivity contribution is -0.124. The first kappa shape index (κ1) is 19.7. The van der Waals surface area contributed by atoms with E-state index in [0.29, 0.717) is 24.9 Å². The number of imide groups is 1. The molecule has 2 aromatic rings. The maximum absolute atomic E-state index is 12.7. The molecule has 2 atom stereocenters. The molecule has 0 spiro atoms. The zero-order valence-corrected chi connectivity index (χ0v) is 17.8. The van der Waals surface area contributed by atoms with Crippen molar-refractivity contribution in [2.24, 2.45) is 18.4 Å². The van der Waals surface area contributed by atoms with Crippen LogP contribution in [0.1, 0.15) is 45.2 Å². The number of urea groups is 1. The predicted octanol–water partition coefficient (Wildman–Crippen LogP) is 2.17. The second-order valence-corrected chi connectivity index (χ2v) is 9.62. The number of fused-ring (bicyclic) bond motifs is 1. The molecule has 0 radical (unpaired) electrons. The number of imidazole rings is 1. The van der Waals surface area contributed by atoms with Crippen LogP contribution in [0.3, 0.4) is 0 Å². The molecule has 1 saturated carbocycles. The Morgan fingerprint density at radius 1 is 1.14 bits per heavy atom. The summed E-state index contributed by atoms with van der Waals surface area (Å²) in [5.74, 6) is 0.671. The molecule has 8 nitrogen and oxygen atoms in total. The fraction of sp³-hybridized carbons (Fsp3) is 0.619. The molecule has 1 aliphatic carbocycles. The summed E-state index contributed by atoms with van der Waals surface area (Å²) >= 11 is 0. The van der Waals surface area contributed by atoms with E-state index in [4.69, 9.17) is 4.98 Å². The van der Waals surface area contributed by atoms with Gasteiger partial charge in [0.2, 0.25) is 5.91 Å². The number of nitrogens with zero attached hydrogens (tertiary/aromatic N) is 5. The van der Waals surface area contributed by atoms with Crippen LogP contribution in [0, 0.1) is 11.3 Å². The zero-order valence-electron chi connectivity index (χ0n) is 17.8. The fourth-order valence-electron chi connectivity index (χ4n) is 4.20. The van der Waals surface area contributed by atoms with Crippen molar-refractivity contribution < 1.29 is 9.59 Å². The van der Waals surface area contributed by atoms with Gasteiger partial charge in [-0.1, -0.05) is 20.8 Å². The number of rotatable bonds is 5. The summed E-state index contributed by atoms with van der Waals surface area (Å²) < 4.78 is 3.44. The van der Waals surface area contributed by atoms with Gasteiger partial charge in [0.25, 0.3) is 0 Å². The topological polar surface area (TPSA) is 80.4 Å². The van der Waals surface area contributed by atoms with E-state index in [2.05, 4.69) is 20.8 Å². The summed E-state index contributed by atoms with van der Waals surface area (Å²) in [6.07, 6.45) is 1.89. The third-order valence-corrected chi connectivity index (χ3v) is 5.96. The van der Waals surface area contributed by atoms with Gasteiger partial charge >= 0.3 is 11.7 Å². The molecule has 0 N–H and O–H groups in total. The van der Waals surface area contributed by atoms with Crippen molar-refractivity contribution in [1.29, 1.82) is 0 Å². The van der Waals surface area contributed by atoms with Gasteiger partial charge in [-0.25, -0.2) is 14.6 Å². The van der Waals surface area contributed by atoms with Crippen LogP contribution < -0.4 is 5.69 Å². The summed E-state index contributed by atoms with van der Waals surface area (Å²) in [6, 6.07) is 3.84. The van der Waals surface area contributed by atoms with Crippen molar-refractivity contribution >= 4 is 23.1 Å². The third kappa shape index (κ3) is 3.56. The lowest BCUT2D eigenvalue weighted by Crippen LogP contribution is -2.30. The Kier molecular flexibility index (Phi) is 4.55. The summed E-state index contributed by atoms with van der Waals surface area (Å²) in [5.41, 5.74) is 2.57. The minimum absolute atomic E-state index is 0.000821. The molecule has 4 rings (SSSR count). The number of hydrogen-bond donors (Lipinski definition) is 0. The lowest BCUT2D eigenvalue weighted by atomic mass is 9.97. The van der Waals surface area contributed by atoms with E-state index >= 15 is 0 Å². The number of carbonyl (C=O) groups is 2. The molecule has 3 heterocycles. The van der Waals surface area contributed by atoms with Gasteiger partial charge in [0.05, 0.1) is 5.52 Å². The number of pyridine rings is 1. The number of likely N-dealkylation sites (N-methyl/N-ethyl adjacent to an activating group) is 1. The van der Waals surface area contributed by atoms with Gasteiger partial charge in [-0.3, -0.25) is 18.8 Å². The Balaban J connectivity index is 1.47. The van der Waals surface area contributed by atoms with Crippen molar-refractivity contribution in [3.8, 4) is 0 Å². The molecule has 2 aliphatic rings. The van der Waals surface area contributed by atoms with Crippen molar-refractivity contribution in [3.63, 3.8) is 0 Å². The highest BCUT2D eigenvalue weighted by molar-refractivity contribution is 6.01. The standard InChI is InChI=1S/C21H29N5O3/c1-21(2,3)12-26-16-7-6-15(22-18(16)24(5)20(26)29)14-10-13(14)8-9-25-11-17(27)23(4)19(25)28/h6-7,13-14H,8-12H2,1-5H3. The molecule has 29 heavy (non-hydrogen) atoms. The maximum Gasteiger partial charge on any atom is 0.330 e. The molecule has 2 unspecified atom stereocenters. The van der Waals surface area contributed by atoms with E-state index in [1.807, 2.05) is 16.7 Å². The predicted molar refractivity (Wildman–Crippen MR) is 110 cm³/mol. The molecule has 1 saturated heterocycles. The van der Waals surface area contributed by atoms with E-state index in [1.165, 1.54) is 11.9 Å². The number of aromatic nitrogens is 3. The van der Waals surface area contributed by atoms with Crippen LogP contribution in [0.2, 0.25) is 0 Å². The molecular formula is C21H29N5O3. The zero-order chi connectivity index (χ0) is 21.1. The summed E-state index contributed by atoms with van der Waals surface area (Å²) in [4.78, 5) is 43.9. The van der Waals surface area contributed by atoms with Gasteiger partial charge in [0.1, 0.15) is 6.54 Å². The van der Waals surface area contributed by atoms with E-state index in [1.54, 1.807) is 16.5 Å². The van der Waals surface area contributed by atoms with Gasteiger partial charge in [-0.15, -0.1) is 0 Å². The minimum atomic E-state index is -0.207. The average molecular weight is 399 g/mol. The monoisotopic (exact) mass is 399 g/mol. The number of aryl methyl sites for hydroxylation is 1. The van der Waals surface area contributed by atoms with E-state index < -0.39 is 0 Å². The van der Waals surface area contributed by atoms with Gasteiger partial charge in [0.15, 0.2) is 5.65 Å². The van der Waals surface area contributed by atoms with Crippen LogP contribution in [-0.2, 0) is 18.4 Å². The second-order valence-electron chi connectivity index (χ2n) is 9.62. The first-order chi connectivity index (χ1) is 13.6. The first-order valence-corrected chi connectivity index (χ1v) is 10.2. The molecular weight excluding hydrogens is 370 g/mol. The van der Waals surface area contributed by atoms with E-state index in [0.717, 1.165) is 29.7 Å². The molecule has 2 aromatic heterocycles. The molecule has 3 amide bonds. The molecule has 1 aliphatic heterocycles. The molecule has 156 valence electrons. The summed E-state index contributed by atoms with van der Waals surface area (Å²) in [7, 11) is 3.30. The Hall–Kier alpha value is -2.64. The van der Waals surface area contributed by atoms with Crippen molar-refractivity contribution in [3.05, 3.63) is 28.3 Å². The van der Waals surface area contributed by atoms with E-state index in [-0.39, 0.29) is 29.6 Å². The van der Waals surface area contributed by atoms with Crippen molar-refractivity contribution in [1.82, 2.24) is 23.9 Å². The highest BCUT2D eigenvalue weighted by Gasteiger charge is 2.41. The lowest BCUT2D eigenvalue weighted by Gasteiger charge is -2.18. The number of amides is 3. The van der Waals surface area contributed by atoms with Crippen LogP contribution in [0.5, 0.6) is 0 Å². The third-order valence-electron chi connectivity index (χ3n) is 5.96. The second kappa shape index (κ2) is 6.71. The normalized spacial score (nSPS) is 22.2. The van der Waals surface area contributed by atoms with Gasteiger partial charge < -0.3 is 4.90 Å². The number of hydrogen-bond acceptors (Lipinski definition) is 4. The smallest absolute Gasteiger partial charge is 0.315 e. The highest BCUT2D eigenvalue weighted by atomic mass is 16.2. The Morgan fingerprint density at radius 2 is 1.86 bits per heavy atom. The van der Waals surface area contributed by atoms with Crippen LogP contribution in [0.4, 0.5) is 4.79 Å². The Bertz CT molecular complexity index is 1040. The minimum Gasteiger partial charge on any atom is -0.315 e.